The Bertz CT molecular complexity index is 2080. The number of rotatable bonds is 20. The second kappa shape index (κ2) is 21.2. The van der Waals surface area contributed by atoms with Gasteiger partial charge in [-0.3, -0.25) is 4.90 Å². The molecule has 3 aromatic rings. The van der Waals surface area contributed by atoms with Crippen LogP contribution in [-0.4, -0.2) is 91.1 Å². The predicted molar refractivity (Wildman–Crippen MR) is 231 cm³/mol. The third-order valence-corrected chi connectivity index (χ3v) is 12.2. The highest BCUT2D eigenvalue weighted by Crippen LogP contribution is 2.62. The number of allylic oxidation sites excluding steroid dienone is 1. The van der Waals surface area contributed by atoms with Gasteiger partial charge < -0.3 is 48.8 Å². The van der Waals surface area contributed by atoms with Crippen molar-refractivity contribution in [1.29, 1.82) is 0 Å². The topological polar surface area (TPSA) is 167 Å². The van der Waals surface area contributed by atoms with Gasteiger partial charge in [-0.05, 0) is 84.6 Å². The van der Waals surface area contributed by atoms with E-state index in [9.17, 15) is 19.8 Å². The lowest BCUT2D eigenvalue weighted by molar-refractivity contribution is -0.256. The van der Waals surface area contributed by atoms with Crippen LogP contribution in [0.25, 0.3) is 0 Å². The lowest BCUT2D eigenvalue weighted by Gasteiger charge is -2.59. The molecule has 3 N–H and O–H groups in total. The van der Waals surface area contributed by atoms with Crippen molar-refractivity contribution in [1.82, 2.24) is 10.2 Å². The molecule has 7 rings (SSSR count). The third kappa shape index (κ3) is 9.83. The summed E-state index contributed by atoms with van der Waals surface area (Å²) in [7, 11) is 1.49. The number of hydrogen-bond donors (Lipinski definition) is 3. The summed E-state index contributed by atoms with van der Waals surface area (Å²) in [5, 5.41) is 27.3. The molecule has 0 saturated heterocycles. The molecular weight excluding hydrogens is 818 g/mol. The Hall–Kier alpha value is -5.28. The van der Waals surface area contributed by atoms with E-state index < -0.39 is 29.9 Å². The number of carbonyl (C=O) groups is 2. The number of aliphatic hydroxyl groups excluding tert-OH is 2. The highest BCUT2D eigenvalue weighted by molar-refractivity contribution is 6.18. The Morgan fingerprint density at radius 1 is 0.984 bits per heavy atom. The van der Waals surface area contributed by atoms with E-state index in [1.54, 1.807) is 23.1 Å². The fraction of sp³-hybridized carbons (Fsp3) is 0.468. The summed E-state index contributed by atoms with van der Waals surface area (Å²) in [6, 6.07) is 19.6. The molecule has 1 fully saturated rings. The van der Waals surface area contributed by atoms with Gasteiger partial charge in [0.2, 0.25) is 12.6 Å². The summed E-state index contributed by atoms with van der Waals surface area (Å²) in [5.41, 5.74) is 3.96. The highest BCUT2D eigenvalue weighted by Gasteiger charge is 2.65. The lowest BCUT2D eigenvalue weighted by Crippen LogP contribution is -2.70. The molecule has 0 spiro atoms. The van der Waals surface area contributed by atoms with E-state index in [0.717, 1.165) is 47.9 Å². The highest BCUT2D eigenvalue weighted by atomic mass is 35.5. The summed E-state index contributed by atoms with van der Waals surface area (Å²) in [4.78, 5) is 34.9. The van der Waals surface area contributed by atoms with E-state index in [1.165, 1.54) is 7.11 Å². The van der Waals surface area contributed by atoms with E-state index in [-0.39, 0.29) is 76.4 Å². The number of fused-ring (bicyclic) bond motifs is 3. The molecule has 3 aromatic carbocycles. The number of nitrogens with zero attached hydrogens (tertiary/aromatic N) is 2. The molecule has 4 aliphatic rings. The van der Waals surface area contributed by atoms with Crippen molar-refractivity contribution < 1.29 is 53.1 Å². The zero-order chi connectivity index (χ0) is 43.5. The Morgan fingerprint density at radius 2 is 1.76 bits per heavy atom. The van der Waals surface area contributed by atoms with Gasteiger partial charge in [0.25, 0.3) is 0 Å². The van der Waals surface area contributed by atoms with Crippen LogP contribution in [0.15, 0.2) is 96.2 Å². The van der Waals surface area contributed by atoms with Crippen molar-refractivity contribution in [2.75, 3.05) is 46.2 Å². The standard InChI is InChI=1S/C47H56ClN3O11/c1-3-22-60-47-42(51(46(55)57-23-19-48)29-32-15-17-40-41(24-32)59-30-58-40)27-38(50-56-2)36-25-33(13-7-9-20-52)35(14-8-10-21-53)43(44(36)47)37-26-34(16-18-39(37)62-47)61-45(54)49-28-31-11-5-4-6-12-31/h3-6,11-12,15-18,24-26,33,35,42-44,52-53H,1,7-10,13-14,19-23,27-30H2,2H3,(H,49,54)/t33-,35+,42-,43+,44+,47+/m0/s1. The molecular formula is C47H56ClN3O11. The molecule has 62 heavy (non-hydrogen) atoms. The first-order valence-electron chi connectivity index (χ1n) is 21.3. The van der Waals surface area contributed by atoms with Crippen LogP contribution in [0.5, 0.6) is 23.0 Å². The van der Waals surface area contributed by atoms with Crippen LogP contribution in [-0.2, 0) is 27.4 Å². The van der Waals surface area contributed by atoms with Crippen molar-refractivity contribution in [3.8, 4) is 23.0 Å². The van der Waals surface area contributed by atoms with Crippen LogP contribution >= 0.6 is 11.6 Å². The van der Waals surface area contributed by atoms with Crippen LogP contribution in [0.3, 0.4) is 0 Å². The van der Waals surface area contributed by atoms with Crippen LogP contribution in [0.1, 0.15) is 67.6 Å². The Labute approximate surface area is 367 Å². The fourth-order valence-electron chi connectivity index (χ4n) is 9.48. The summed E-state index contributed by atoms with van der Waals surface area (Å²) in [6.45, 7) is 4.61. The van der Waals surface area contributed by atoms with E-state index >= 15 is 0 Å². The molecule has 14 nitrogen and oxygen atoms in total. The van der Waals surface area contributed by atoms with Crippen molar-refractivity contribution in [2.45, 2.75) is 75.8 Å². The normalized spacial score (nSPS) is 23.6. The maximum absolute atomic E-state index is 14.5. The second-order valence-corrected chi connectivity index (χ2v) is 16.2. The second-order valence-electron chi connectivity index (χ2n) is 15.8. The van der Waals surface area contributed by atoms with Gasteiger partial charge in [-0.2, -0.15) is 0 Å². The number of hydrogen-bond acceptors (Lipinski definition) is 12. The first kappa shape index (κ1) is 44.8. The van der Waals surface area contributed by atoms with Gasteiger partial charge in [0.1, 0.15) is 31.3 Å². The molecule has 2 amide bonds. The monoisotopic (exact) mass is 873 g/mol. The van der Waals surface area contributed by atoms with Crippen molar-refractivity contribution in [3.05, 3.63) is 108 Å². The van der Waals surface area contributed by atoms with E-state index in [4.69, 9.17) is 44.9 Å². The van der Waals surface area contributed by atoms with Crippen molar-refractivity contribution >= 4 is 29.5 Å². The number of oxime groups is 1. The average molecular weight is 874 g/mol. The number of benzene rings is 3. The summed E-state index contributed by atoms with van der Waals surface area (Å²) < 4.78 is 37.3. The quantitative estimate of drug-likeness (QED) is 0.0438. The average Bonchev–Trinajstić information content (AvgIpc) is 3.76. The SMILES string of the molecule is C=CCO[C@@]12Oc3ccc(OC(=O)NCc4ccccc4)cc3[C@H]3[C@H](CCCCO)[C@@H](CCCCO)C=C(C(=NOC)C[C@@H]1N(Cc1ccc4c(c1)OCO4)C(=O)OCCCl)[C@H]32. The molecule has 0 aromatic heterocycles. The minimum atomic E-state index is -1.54. The van der Waals surface area contributed by atoms with E-state index in [1.807, 2.05) is 54.6 Å². The molecule has 0 unspecified atom stereocenters. The minimum absolute atomic E-state index is 0.00956. The molecule has 1 saturated carbocycles. The third-order valence-electron chi connectivity index (χ3n) is 12.0. The Balaban J connectivity index is 1.38. The molecule has 332 valence electrons. The lowest BCUT2D eigenvalue weighted by atomic mass is 9.55. The molecule has 0 bridgehead atoms. The number of amides is 2. The Kier molecular flexibility index (Phi) is 15.3. The number of ether oxygens (including phenoxy) is 6. The molecule has 6 atom stereocenters. The molecule has 2 heterocycles. The fourth-order valence-corrected chi connectivity index (χ4v) is 9.56. The van der Waals surface area contributed by atoms with Crippen LogP contribution in [0.2, 0.25) is 0 Å². The first-order chi connectivity index (χ1) is 30.3. The van der Waals surface area contributed by atoms with Crippen molar-refractivity contribution in [3.63, 3.8) is 0 Å². The predicted octanol–water partition coefficient (Wildman–Crippen LogP) is 7.84. The molecule has 15 heteroatoms. The maximum atomic E-state index is 14.5. The van der Waals surface area contributed by atoms with Gasteiger partial charge in [0.05, 0.1) is 24.1 Å². The van der Waals surface area contributed by atoms with E-state index in [2.05, 4.69) is 23.1 Å². The number of halogens is 1. The van der Waals surface area contributed by atoms with Gasteiger partial charge >= 0.3 is 12.2 Å². The maximum Gasteiger partial charge on any atom is 0.412 e. The van der Waals surface area contributed by atoms with Crippen LogP contribution in [0, 0.1) is 17.8 Å². The summed E-state index contributed by atoms with van der Waals surface area (Å²) in [6.07, 6.45) is 7.09. The first-order valence-corrected chi connectivity index (χ1v) is 21.9. The number of nitrogens with one attached hydrogen (secondary N) is 1. The van der Waals surface area contributed by atoms with Crippen molar-refractivity contribution in [2.24, 2.45) is 22.9 Å². The summed E-state index contributed by atoms with van der Waals surface area (Å²) in [5.74, 6) is -0.415. The van der Waals surface area contributed by atoms with Gasteiger partial charge in [-0.15, -0.1) is 18.2 Å². The van der Waals surface area contributed by atoms with Gasteiger partial charge in [-0.25, -0.2) is 9.59 Å². The van der Waals surface area contributed by atoms with Gasteiger partial charge in [0.15, 0.2) is 11.5 Å². The van der Waals surface area contributed by atoms with Gasteiger partial charge in [-0.1, -0.05) is 66.5 Å². The zero-order valence-electron chi connectivity index (χ0n) is 35.0. The Morgan fingerprint density at radius 3 is 2.52 bits per heavy atom. The smallest absolute Gasteiger partial charge is 0.412 e. The number of aliphatic hydroxyl groups is 2. The van der Waals surface area contributed by atoms with Gasteiger partial charge in [0, 0.05) is 44.2 Å². The van der Waals surface area contributed by atoms with Crippen LogP contribution < -0.4 is 24.3 Å². The van der Waals surface area contributed by atoms with Crippen LogP contribution in [0.4, 0.5) is 9.59 Å². The number of carbonyl (C=O) groups excluding carboxylic acids is 2. The zero-order valence-corrected chi connectivity index (χ0v) is 35.8. The largest absolute Gasteiger partial charge is 0.459 e. The minimum Gasteiger partial charge on any atom is -0.459 e. The summed E-state index contributed by atoms with van der Waals surface area (Å²) >= 11 is 6.07. The number of alkyl halides is 1. The molecule has 2 aliphatic heterocycles. The number of unbranched alkanes of at least 4 members (excludes halogenated alkanes) is 2. The molecule has 2 aliphatic carbocycles. The molecule has 0 radical (unpaired) electrons. The van der Waals surface area contributed by atoms with E-state index in [0.29, 0.717) is 41.6 Å².